The van der Waals surface area contributed by atoms with E-state index in [2.05, 4.69) is 0 Å². The van der Waals surface area contributed by atoms with E-state index in [1.165, 1.54) is 17.0 Å². The van der Waals surface area contributed by atoms with Gasteiger partial charge in [-0.2, -0.15) is 0 Å². The van der Waals surface area contributed by atoms with Crippen LogP contribution in [0.3, 0.4) is 0 Å². The quantitative estimate of drug-likeness (QED) is 0.694. The van der Waals surface area contributed by atoms with Gasteiger partial charge in [-0.1, -0.05) is 36.4 Å². The Morgan fingerprint density at radius 3 is 2.41 bits per heavy atom. The van der Waals surface area contributed by atoms with Gasteiger partial charge in [-0.15, -0.1) is 0 Å². The van der Waals surface area contributed by atoms with Gasteiger partial charge in [0.1, 0.15) is 12.4 Å². The highest BCUT2D eigenvalue weighted by atomic mass is 32.2. The topological polar surface area (TPSA) is 57.7 Å². The first-order valence-corrected chi connectivity index (χ1v) is 9.85. The highest BCUT2D eigenvalue weighted by Gasteiger charge is 2.37. The molecule has 1 aliphatic heterocycles. The van der Waals surface area contributed by atoms with Crippen molar-refractivity contribution in [2.75, 3.05) is 17.9 Å². The molecule has 3 aromatic carbocycles. The van der Waals surface area contributed by atoms with Crippen LogP contribution >= 0.6 is 0 Å². The van der Waals surface area contributed by atoms with Crippen LogP contribution in [0.2, 0.25) is 0 Å². The van der Waals surface area contributed by atoms with Crippen molar-refractivity contribution >= 4 is 32.4 Å². The molecule has 4 rings (SSSR count). The monoisotopic (exact) mass is 384 g/mol. The molecular formula is C20H17FN2O3S. The Hall–Kier alpha value is -2.93. The molecule has 0 unspecified atom stereocenters. The summed E-state index contributed by atoms with van der Waals surface area (Å²) >= 11 is 0. The Morgan fingerprint density at radius 1 is 1.04 bits per heavy atom. The van der Waals surface area contributed by atoms with Gasteiger partial charge in [0.25, 0.3) is 10.0 Å². The third kappa shape index (κ3) is 2.94. The summed E-state index contributed by atoms with van der Waals surface area (Å²) in [5.74, 6) is -0.686. The van der Waals surface area contributed by atoms with Crippen molar-refractivity contribution in [2.24, 2.45) is 0 Å². The molecule has 0 bridgehead atoms. The average Bonchev–Trinajstić information content (AvgIpc) is 2.87. The lowest BCUT2D eigenvalue weighted by Gasteiger charge is -2.23. The van der Waals surface area contributed by atoms with Gasteiger partial charge in [0.2, 0.25) is 5.91 Å². The van der Waals surface area contributed by atoms with Crippen molar-refractivity contribution in [3.05, 3.63) is 72.0 Å². The second-order valence-electron chi connectivity index (χ2n) is 6.52. The number of hydrogen-bond acceptors (Lipinski definition) is 3. The number of anilines is 1. The van der Waals surface area contributed by atoms with Crippen LogP contribution in [0.15, 0.2) is 65.6 Å². The molecule has 0 saturated heterocycles. The van der Waals surface area contributed by atoms with Crippen LogP contribution in [0.5, 0.6) is 0 Å². The van der Waals surface area contributed by atoms with Gasteiger partial charge in [-0.25, -0.2) is 12.8 Å². The van der Waals surface area contributed by atoms with Crippen molar-refractivity contribution in [1.29, 1.82) is 0 Å². The van der Waals surface area contributed by atoms with Crippen LogP contribution in [0.4, 0.5) is 10.1 Å². The average molecular weight is 384 g/mol. The van der Waals surface area contributed by atoms with E-state index in [1.807, 2.05) is 12.1 Å². The summed E-state index contributed by atoms with van der Waals surface area (Å²) in [5.41, 5.74) is 1.29. The molecule has 0 aromatic heterocycles. The minimum Gasteiger partial charge on any atom is -0.340 e. The lowest BCUT2D eigenvalue weighted by Crippen LogP contribution is -2.39. The zero-order chi connectivity index (χ0) is 19.2. The van der Waals surface area contributed by atoms with E-state index in [9.17, 15) is 17.6 Å². The van der Waals surface area contributed by atoms with Gasteiger partial charge in [-0.05, 0) is 35.2 Å². The second-order valence-corrected chi connectivity index (χ2v) is 8.35. The molecule has 5 nitrogen and oxygen atoms in total. The minimum absolute atomic E-state index is 0.226. The van der Waals surface area contributed by atoms with Gasteiger partial charge < -0.3 is 4.90 Å². The van der Waals surface area contributed by atoms with Crippen molar-refractivity contribution in [3.8, 4) is 0 Å². The maximum Gasteiger partial charge on any atom is 0.265 e. The van der Waals surface area contributed by atoms with Gasteiger partial charge in [0, 0.05) is 19.0 Å². The number of likely N-dealkylation sites (N-methyl/N-ethyl adjacent to an activating group) is 1. The first kappa shape index (κ1) is 17.5. The lowest BCUT2D eigenvalue weighted by atomic mass is 10.1. The smallest absolute Gasteiger partial charge is 0.265 e. The molecular weight excluding hydrogens is 367 g/mol. The first-order valence-electron chi connectivity index (χ1n) is 8.41. The van der Waals surface area contributed by atoms with E-state index in [-0.39, 0.29) is 29.7 Å². The van der Waals surface area contributed by atoms with E-state index in [1.54, 1.807) is 43.4 Å². The highest BCUT2D eigenvalue weighted by Crippen LogP contribution is 2.41. The van der Waals surface area contributed by atoms with Crippen LogP contribution in [0.1, 0.15) is 5.56 Å². The summed E-state index contributed by atoms with van der Waals surface area (Å²) in [6.07, 6.45) is 0. The number of carbonyl (C=O) groups excluding carboxylic acids is 1. The zero-order valence-electron chi connectivity index (χ0n) is 14.6. The molecule has 0 fully saturated rings. The van der Waals surface area contributed by atoms with Gasteiger partial charge >= 0.3 is 0 Å². The van der Waals surface area contributed by atoms with E-state index >= 15 is 0 Å². The largest absolute Gasteiger partial charge is 0.340 e. The van der Waals surface area contributed by atoms with Crippen LogP contribution in [-0.4, -0.2) is 32.8 Å². The van der Waals surface area contributed by atoms with Crippen molar-refractivity contribution in [3.63, 3.8) is 0 Å². The summed E-state index contributed by atoms with van der Waals surface area (Å²) in [6, 6.07) is 16.3. The third-order valence-corrected chi connectivity index (χ3v) is 6.52. The van der Waals surface area contributed by atoms with E-state index in [0.717, 1.165) is 15.3 Å². The molecule has 1 aliphatic rings. The number of benzene rings is 3. The number of nitrogens with zero attached hydrogens (tertiary/aromatic N) is 2. The molecule has 138 valence electrons. The van der Waals surface area contributed by atoms with Crippen LogP contribution in [0, 0.1) is 5.82 Å². The Kier molecular flexibility index (Phi) is 4.11. The molecule has 0 saturated carbocycles. The lowest BCUT2D eigenvalue weighted by molar-refractivity contribution is -0.128. The fourth-order valence-corrected chi connectivity index (χ4v) is 4.98. The molecule has 0 N–H and O–H groups in total. The molecule has 0 aliphatic carbocycles. The molecule has 7 heteroatoms. The summed E-state index contributed by atoms with van der Waals surface area (Å²) in [6.45, 7) is -0.0159. The van der Waals surface area contributed by atoms with Crippen molar-refractivity contribution in [1.82, 2.24) is 4.90 Å². The Balaban J connectivity index is 1.60. The molecule has 0 spiro atoms. The molecule has 3 aromatic rings. The number of hydrogen-bond donors (Lipinski definition) is 0. The zero-order valence-corrected chi connectivity index (χ0v) is 15.4. The van der Waals surface area contributed by atoms with E-state index in [4.69, 9.17) is 0 Å². The number of halogens is 1. The van der Waals surface area contributed by atoms with E-state index < -0.39 is 10.0 Å². The number of sulfonamides is 1. The molecule has 0 atom stereocenters. The summed E-state index contributed by atoms with van der Waals surface area (Å²) < 4.78 is 40.0. The van der Waals surface area contributed by atoms with Gasteiger partial charge in [-0.3, -0.25) is 9.10 Å². The standard InChI is InChI=1S/C20H17FN2O3S/c1-22(12-14-8-10-16(21)11-9-14)19(24)13-23-17-6-2-4-15-5-3-7-18(20(15)17)27(23,25)26/h2-11H,12-13H2,1H3. The molecule has 1 amide bonds. The minimum atomic E-state index is -3.77. The van der Waals surface area contributed by atoms with Crippen molar-refractivity contribution in [2.45, 2.75) is 11.4 Å². The van der Waals surface area contributed by atoms with E-state index in [0.29, 0.717) is 11.1 Å². The number of rotatable bonds is 4. The van der Waals surface area contributed by atoms with Crippen molar-refractivity contribution < 1.29 is 17.6 Å². The first-order chi connectivity index (χ1) is 12.9. The van der Waals surface area contributed by atoms with Gasteiger partial charge in [0.15, 0.2) is 0 Å². The summed E-state index contributed by atoms with van der Waals surface area (Å²) in [7, 11) is -2.17. The molecule has 27 heavy (non-hydrogen) atoms. The predicted molar refractivity (Wildman–Crippen MR) is 101 cm³/mol. The maximum absolute atomic E-state index is 13.0. The number of carbonyl (C=O) groups is 1. The van der Waals surface area contributed by atoms with Crippen LogP contribution in [0.25, 0.3) is 10.8 Å². The Bertz CT molecular complexity index is 1140. The molecule has 1 heterocycles. The predicted octanol–water partition coefficient (Wildman–Crippen LogP) is 3.15. The Morgan fingerprint density at radius 2 is 1.70 bits per heavy atom. The molecule has 0 radical (unpaired) electrons. The fraction of sp³-hybridized carbons (Fsp3) is 0.150. The maximum atomic E-state index is 13.0. The van der Waals surface area contributed by atoms with Crippen LogP contribution < -0.4 is 4.31 Å². The Labute approximate surface area is 156 Å². The third-order valence-electron chi connectivity index (χ3n) is 4.72. The summed E-state index contributed by atoms with van der Waals surface area (Å²) in [5, 5.41) is 1.47. The van der Waals surface area contributed by atoms with Crippen LogP contribution in [-0.2, 0) is 21.4 Å². The van der Waals surface area contributed by atoms with Gasteiger partial charge in [0.05, 0.1) is 10.6 Å². The highest BCUT2D eigenvalue weighted by molar-refractivity contribution is 7.93. The second kappa shape index (κ2) is 6.35. The number of amides is 1. The SMILES string of the molecule is CN(Cc1ccc(F)cc1)C(=O)CN1c2cccc3cccc(c23)S1(=O)=O. The fourth-order valence-electron chi connectivity index (χ4n) is 3.32. The normalized spacial score (nSPS) is 14.5. The summed E-state index contributed by atoms with van der Waals surface area (Å²) in [4.78, 5) is 14.3.